The van der Waals surface area contributed by atoms with Crippen molar-refractivity contribution < 1.29 is 9.53 Å². The second-order valence-electron chi connectivity index (χ2n) is 9.53. The first-order valence-corrected chi connectivity index (χ1v) is 13.0. The number of cyclic esters (lactones) is 1. The molecule has 3 aliphatic heterocycles. The van der Waals surface area contributed by atoms with Crippen molar-refractivity contribution in [2.45, 2.75) is 63.6 Å². The Balaban J connectivity index is 1.18. The third-order valence-electron chi connectivity index (χ3n) is 7.31. The molecule has 0 radical (unpaired) electrons. The van der Waals surface area contributed by atoms with Crippen LogP contribution in [0, 0.1) is 6.92 Å². The molecular weight excluding hydrogens is 500 g/mol. The Kier molecular flexibility index (Phi) is 6.91. The highest BCUT2D eigenvalue weighted by Gasteiger charge is 2.39. The molecule has 184 valence electrons. The number of halogens is 1. The van der Waals surface area contributed by atoms with E-state index in [0.29, 0.717) is 43.8 Å². The molecule has 0 saturated carbocycles. The summed E-state index contributed by atoms with van der Waals surface area (Å²) in [5, 5.41) is 11.5. The summed E-state index contributed by atoms with van der Waals surface area (Å²) >= 11 is 3.53. The summed E-state index contributed by atoms with van der Waals surface area (Å²) in [6, 6.07) is 1.80. The lowest BCUT2D eigenvalue weighted by Crippen LogP contribution is -2.40. The second-order valence-corrected chi connectivity index (χ2v) is 10.4. The van der Waals surface area contributed by atoms with E-state index < -0.39 is 0 Å². The first-order valence-electron chi connectivity index (χ1n) is 12.2. The molecule has 5 rings (SSSR count). The summed E-state index contributed by atoms with van der Waals surface area (Å²) in [6.07, 6.45) is 10.2. The topological polar surface area (TPSA) is 100 Å². The van der Waals surface area contributed by atoms with Crippen LogP contribution in [-0.2, 0) is 4.74 Å². The molecule has 3 fully saturated rings. The quantitative estimate of drug-likeness (QED) is 0.493. The molecule has 2 bridgehead atoms. The van der Waals surface area contributed by atoms with Gasteiger partial charge in [-0.05, 0) is 68.4 Å². The standard InChI is InChI=1S/C23H33BrN8O2/c1-15-20(14-32(29-15)18-11-16-5-6-17(12-18)30(16)2)27-22-26-13-19(24)21(28-22)25-7-3-8-31-9-4-10-34-23(31)33/h13-14,16-18H,3-12H2,1-2H3,(H2,25,26,27,28). The fourth-order valence-corrected chi connectivity index (χ4v) is 5.67. The van der Waals surface area contributed by atoms with Gasteiger partial charge in [-0.25, -0.2) is 9.78 Å². The number of aromatic nitrogens is 4. The number of rotatable bonds is 8. The highest BCUT2D eigenvalue weighted by atomic mass is 79.9. The largest absolute Gasteiger partial charge is 0.449 e. The Morgan fingerprint density at radius 3 is 2.79 bits per heavy atom. The molecule has 0 spiro atoms. The normalized spacial score (nSPS) is 24.9. The number of aryl methyl sites for hydroxylation is 1. The van der Waals surface area contributed by atoms with Crippen LogP contribution >= 0.6 is 15.9 Å². The maximum atomic E-state index is 11.7. The van der Waals surface area contributed by atoms with Crippen molar-refractivity contribution in [2.24, 2.45) is 0 Å². The molecule has 2 aromatic rings. The molecule has 34 heavy (non-hydrogen) atoms. The van der Waals surface area contributed by atoms with Crippen molar-refractivity contribution in [3.63, 3.8) is 0 Å². The van der Waals surface area contributed by atoms with Crippen LogP contribution in [0.15, 0.2) is 16.9 Å². The molecule has 2 aromatic heterocycles. The highest BCUT2D eigenvalue weighted by Crippen LogP contribution is 2.40. The third-order valence-corrected chi connectivity index (χ3v) is 7.89. The fourth-order valence-electron chi connectivity index (χ4n) is 5.34. The number of piperidine rings is 1. The van der Waals surface area contributed by atoms with Gasteiger partial charge in [-0.15, -0.1) is 0 Å². The van der Waals surface area contributed by atoms with E-state index in [0.717, 1.165) is 53.9 Å². The van der Waals surface area contributed by atoms with Crippen LogP contribution in [0.2, 0.25) is 0 Å². The Morgan fingerprint density at radius 1 is 1.24 bits per heavy atom. The van der Waals surface area contributed by atoms with E-state index in [9.17, 15) is 4.79 Å². The Hall–Kier alpha value is -2.40. The van der Waals surface area contributed by atoms with E-state index in [-0.39, 0.29) is 6.09 Å². The van der Waals surface area contributed by atoms with Crippen molar-refractivity contribution in [3.05, 3.63) is 22.6 Å². The summed E-state index contributed by atoms with van der Waals surface area (Å²) in [4.78, 5) is 25.1. The van der Waals surface area contributed by atoms with Crippen LogP contribution in [0.3, 0.4) is 0 Å². The van der Waals surface area contributed by atoms with Gasteiger partial charge >= 0.3 is 6.09 Å². The second kappa shape index (κ2) is 10.1. The molecule has 10 nitrogen and oxygen atoms in total. The van der Waals surface area contributed by atoms with Gasteiger partial charge in [0.25, 0.3) is 0 Å². The van der Waals surface area contributed by atoms with Crippen LogP contribution in [0.5, 0.6) is 0 Å². The van der Waals surface area contributed by atoms with Crippen LogP contribution in [0.25, 0.3) is 0 Å². The number of ether oxygens (including phenoxy) is 1. The maximum Gasteiger partial charge on any atom is 0.409 e. The number of fused-ring (bicyclic) bond motifs is 2. The zero-order valence-electron chi connectivity index (χ0n) is 19.8. The molecule has 1 amide bonds. The Labute approximate surface area is 208 Å². The Morgan fingerprint density at radius 2 is 2.03 bits per heavy atom. The number of amides is 1. The molecule has 3 aliphatic rings. The zero-order chi connectivity index (χ0) is 23.7. The molecule has 2 N–H and O–H groups in total. The monoisotopic (exact) mass is 532 g/mol. The van der Waals surface area contributed by atoms with Crippen molar-refractivity contribution in [1.82, 2.24) is 29.5 Å². The number of carbonyl (C=O) groups is 1. The molecule has 2 atom stereocenters. The summed E-state index contributed by atoms with van der Waals surface area (Å²) in [6.45, 7) is 4.65. The molecule has 5 heterocycles. The SMILES string of the molecule is Cc1nn(C2CC3CCC(C2)N3C)cc1Nc1ncc(Br)c(NCCCN2CCCOC2=O)n1. The maximum absolute atomic E-state index is 11.7. The molecule has 2 unspecified atom stereocenters. The average molecular weight is 533 g/mol. The summed E-state index contributed by atoms with van der Waals surface area (Å²) in [5.74, 6) is 1.24. The van der Waals surface area contributed by atoms with Crippen LogP contribution < -0.4 is 10.6 Å². The number of nitrogens with one attached hydrogen (secondary N) is 2. The van der Waals surface area contributed by atoms with Gasteiger partial charge < -0.3 is 25.2 Å². The highest BCUT2D eigenvalue weighted by molar-refractivity contribution is 9.10. The predicted molar refractivity (Wildman–Crippen MR) is 133 cm³/mol. The van der Waals surface area contributed by atoms with Gasteiger partial charge in [0.1, 0.15) is 5.82 Å². The summed E-state index contributed by atoms with van der Waals surface area (Å²) < 4.78 is 8.02. The van der Waals surface area contributed by atoms with E-state index in [1.807, 2.05) is 6.92 Å². The average Bonchev–Trinajstić information content (AvgIpc) is 3.26. The zero-order valence-corrected chi connectivity index (χ0v) is 21.4. The first-order chi connectivity index (χ1) is 16.5. The van der Waals surface area contributed by atoms with E-state index >= 15 is 0 Å². The predicted octanol–water partition coefficient (Wildman–Crippen LogP) is 3.93. The smallest absolute Gasteiger partial charge is 0.409 e. The molecule has 3 saturated heterocycles. The number of carbonyl (C=O) groups excluding carboxylic acids is 1. The lowest BCUT2D eigenvalue weighted by Gasteiger charge is -2.36. The molecule has 0 aliphatic carbocycles. The van der Waals surface area contributed by atoms with Crippen molar-refractivity contribution >= 4 is 39.5 Å². The van der Waals surface area contributed by atoms with Gasteiger partial charge in [0.05, 0.1) is 28.5 Å². The molecule has 0 aromatic carbocycles. The van der Waals surface area contributed by atoms with Gasteiger partial charge in [-0.3, -0.25) is 4.68 Å². The minimum absolute atomic E-state index is 0.218. The minimum atomic E-state index is -0.218. The number of nitrogens with zero attached hydrogens (tertiary/aromatic N) is 6. The van der Waals surface area contributed by atoms with Gasteiger partial charge in [0.2, 0.25) is 5.95 Å². The minimum Gasteiger partial charge on any atom is -0.449 e. The van der Waals surface area contributed by atoms with E-state index in [4.69, 9.17) is 9.84 Å². The molecule has 11 heteroatoms. The van der Waals surface area contributed by atoms with Crippen molar-refractivity contribution in [3.8, 4) is 0 Å². The number of hydrogen-bond donors (Lipinski definition) is 2. The van der Waals surface area contributed by atoms with Crippen LogP contribution in [-0.4, -0.2) is 81.0 Å². The summed E-state index contributed by atoms with van der Waals surface area (Å²) in [5.41, 5.74) is 1.88. The van der Waals surface area contributed by atoms with Crippen LogP contribution in [0.1, 0.15) is 50.3 Å². The van der Waals surface area contributed by atoms with Gasteiger partial charge in [-0.2, -0.15) is 10.1 Å². The van der Waals surface area contributed by atoms with E-state index in [1.165, 1.54) is 12.8 Å². The van der Waals surface area contributed by atoms with E-state index in [1.54, 1.807) is 11.1 Å². The van der Waals surface area contributed by atoms with Crippen molar-refractivity contribution in [2.75, 3.05) is 43.9 Å². The molecular formula is C23H33BrN8O2. The van der Waals surface area contributed by atoms with Gasteiger partial charge in [-0.1, -0.05) is 0 Å². The first kappa shape index (κ1) is 23.3. The number of anilines is 3. The van der Waals surface area contributed by atoms with Crippen molar-refractivity contribution in [1.29, 1.82) is 0 Å². The van der Waals surface area contributed by atoms with Gasteiger partial charge in [0.15, 0.2) is 0 Å². The third kappa shape index (κ3) is 5.00. The Bertz CT molecular complexity index is 1020. The lowest BCUT2D eigenvalue weighted by molar-refractivity contribution is 0.0729. The van der Waals surface area contributed by atoms with E-state index in [2.05, 4.69) is 59.4 Å². The number of hydrogen-bond acceptors (Lipinski definition) is 8. The van der Waals surface area contributed by atoms with Crippen LogP contribution in [0.4, 0.5) is 22.2 Å². The fraction of sp³-hybridized carbons (Fsp3) is 0.652. The lowest BCUT2D eigenvalue weighted by atomic mass is 9.98. The van der Waals surface area contributed by atoms with Gasteiger partial charge in [0, 0.05) is 44.1 Å². The summed E-state index contributed by atoms with van der Waals surface area (Å²) in [7, 11) is 2.26.